The molecule has 3 aliphatic rings. The molecule has 0 aromatic heterocycles. The van der Waals surface area contributed by atoms with Crippen LogP contribution in [0, 0.1) is 0 Å². The lowest BCUT2D eigenvalue weighted by Gasteiger charge is -2.35. The van der Waals surface area contributed by atoms with Gasteiger partial charge in [-0.05, 0) is 36.4 Å². The summed E-state index contributed by atoms with van der Waals surface area (Å²) in [6.07, 6.45) is 13.1. The lowest BCUT2D eigenvalue weighted by molar-refractivity contribution is 0.496. The fraction of sp³-hybridized carbons (Fsp3) is 0.286. The van der Waals surface area contributed by atoms with E-state index in [1.54, 1.807) is 0 Å². The molecule has 0 spiro atoms. The zero-order valence-electron chi connectivity index (χ0n) is 9.62. The number of rotatable bonds is 2. The quantitative estimate of drug-likeness (QED) is 0.724. The van der Waals surface area contributed by atoms with E-state index in [4.69, 9.17) is 0 Å². The first-order chi connectivity index (χ1) is 7.86. The molecular weight excluding hydrogens is 196 g/mol. The summed E-state index contributed by atoms with van der Waals surface area (Å²) in [4.78, 5) is 0. The minimum atomic E-state index is 0.366. The van der Waals surface area contributed by atoms with Crippen molar-refractivity contribution >= 4 is 0 Å². The van der Waals surface area contributed by atoms with E-state index in [1.165, 1.54) is 22.3 Å². The number of hydrogen-bond acceptors (Lipinski definition) is 2. The van der Waals surface area contributed by atoms with E-state index < -0.39 is 0 Å². The van der Waals surface area contributed by atoms with Crippen LogP contribution in [0.3, 0.4) is 0 Å². The van der Waals surface area contributed by atoms with Crippen LogP contribution in [0.1, 0.15) is 0 Å². The molecule has 0 radical (unpaired) electrons. The Morgan fingerprint density at radius 2 is 1.25 bits per heavy atom. The normalized spacial score (nSPS) is 30.4. The van der Waals surface area contributed by atoms with Crippen molar-refractivity contribution in [1.82, 2.24) is 10.6 Å². The van der Waals surface area contributed by atoms with Crippen LogP contribution in [0.5, 0.6) is 0 Å². The molecule has 0 aromatic carbocycles. The first-order valence-electron chi connectivity index (χ1n) is 5.73. The molecule has 3 rings (SSSR count). The molecule has 0 fully saturated rings. The molecule has 82 valence electrons. The lowest BCUT2D eigenvalue weighted by atomic mass is 9.79. The SMILES string of the molecule is CN[C@@H]1C2=CC=CC2=C2C=CC=C2[C@H]1NC. The predicted octanol–water partition coefficient (Wildman–Crippen LogP) is 1.46. The molecule has 0 aliphatic heterocycles. The summed E-state index contributed by atoms with van der Waals surface area (Å²) >= 11 is 0. The number of hydrogen-bond donors (Lipinski definition) is 2. The molecule has 0 unspecified atom stereocenters. The molecule has 0 heterocycles. The first-order valence-corrected chi connectivity index (χ1v) is 5.73. The zero-order chi connectivity index (χ0) is 11.1. The molecule has 0 saturated heterocycles. The summed E-state index contributed by atoms with van der Waals surface area (Å²) in [6.45, 7) is 0. The summed E-state index contributed by atoms with van der Waals surface area (Å²) in [6, 6.07) is 0.731. The van der Waals surface area contributed by atoms with Gasteiger partial charge in [0.1, 0.15) is 0 Å². The Balaban J connectivity index is 2.17. The van der Waals surface area contributed by atoms with Gasteiger partial charge in [0.2, 0.25) is 0 Å². The van der Waals surface area contributed by atoms with Gasteiger partial charge in [0.25, 0.3) is 0 Å². The van der Waals surface area contributed by atoms with Gasteiger partial charge in [-0.2, -0.15) is 0 Å². The molecule has 2 nitrogen and oxygen atoms in total. The van der Waals surface area contributed by atoms with Gasteiger partial charge in [0, 0.05) is 0 Å². The van der Waals surface area contributed by atoms with Crippen molar-refractivity contribution < 1.29 is 0 Å². The van der Waals surface area contributed by atoms with Crippen LogP contribution in [-0.4, -0.2) is 26.2 Å². The lowest BCUT2D eigenvalue weighted by Crippen LogP contribution is -2.49. The summed E-state index contributed by atoms with van der Waals surface area (Å²) in [5.41, 5.74) is 5.57. The highest BCUT2D eigenvalue weighted by Gasteiger charge is 2.35. The Morgan fingerprint density at radius 3 is 1.62 bits per heavy atom. The number of nitrogens with one attached hydrogen (secondary N) is 2. The van der Waals surface area contributed by atoms with Crippen molar-refractivity contribution in [3.8, 4) is 0 Å². The fourth-order valence-corrected chi connectivity index (χ4v) is 2.90. The van der Waals surface area contributed by atoms with Crippen LogP contribution in [0.25, 0.3) is 0 Å². The van der Waals surface area contributed by atoms with E-state index in [0.717, 1.165) is 0 Å². The number of allylic oxidation sites excluding steroid dienone is 6. The highest BCUT2D eigenvalue weighted by molar-refractivity contribution is 5.69. The zero-order valence-corrected chi connectivity index (χ0v) is 9.62. The van der Waals surface area contributed by atoms with Gasteiger partial charge in [-0.1, -0.05) is 36.5 Å². The van der Waals surface area contributed by atoms with Crippen LogP contribution in [-0.2, 0) is 0 Å². The second-order valence-electron chi connectivity index (χ2n) is 4.32. The van der Waals surface area contributed by atoms with Crippen LogP contribution in [0.4, 0.5) is 0 Å². The van der Waals surface area contributed by atoms with Gasteiger partial charge in [-0.15, -0.1) is 0 Å². The van der Waals surface area contributed by atoms with Crippen molar-refractivity contribution in [3.63, 3.8) is 0 Å². The third-order valence-corrected chi connectivity index (χ3v) is 3.61. The van der Waals surface area contributed by atoms with Crippen LogP contribution in [0.2, 0.25) is 0 Å². The Labute approximate surface area is 96.1 Å². The Bertz CT molecular complexity index is 431. The number of fused-ring (bicyclic) bond motifs is 2. The minimum Gasteiger partial charge on any atom is -0.311 e. The van der Waals surface area contributed by atoms with Gasteiger partial charge in [0.05, 0.1) is 12.1 Å². The van der Waals surface area contributed by atoms with Gasteiger partial charge in [0.15, 0.2) is 0 Å². The molecule has 16 heavy (non-hydrogen) atoms. The number of likely N-dealkylation sites (N-methyl/N-ethyl adjacent to an activating group) is 2. The van der Waals surface area contributed by atoms with E-state index in [-0.39, 0.29) is 0 Å². The smallest absolute Gasteiger partial charge is 0.0522 e. The van der Waals surface area contributed by atoms with Gasteiger partial charge < -0.3 is 10.6 Å². The molecule has 0 saturated carbocycles. The summed E-state index contributed by atoms with van der Waals surface area (Å²) in [7, 11) is 4.06. The predicted molar refractivity (Wildman–Crippen MR) is 67.2 cm³/mol. The van der Waals surface area contributed by atoms with E-state index in [2.05, 4.69) is 47.1 Å². The van der Waals surface area contributed by atoms with Crippen molar-refractivity contribution in [3.05, 3.63) is 58.7 Å². The molecule has 0 amide bonds. The second kappa shape index (κ2) is 3.58. The monoisotopic (exact) mass is 212 g/mol. The molecule has 3 aliphatic carbocycles. The van der Waals surface area contributed by atoms with Crippen LogP contribution < -0.4 is 10.6 Å². The van der Waals surface area contributed by atoms with E-state index in [9.17, 15) is 0 Å². The molecule has 0 bridgehead atoms. The molecule has 2 heteroatoms. The Hall–Kier alpha value is -1.38. The van der Waals surface area contributed by atoms with Crippen molar-refractivity contribution in [2.45, 2.75) is 12.1 Å². The average molecular weight is 212 g/mol. The third kappa shape index (κ3) is 1.14. The molecular formula is C14H16N2. The summed E-state index contributed by atoms with van der Waals surface area (Å²) < 4.78 is 0. The standard InChI is InChI=1S/C14H16N2/c1-15-13-11-7-3-5-9(11)10-6-4-8-12(10)14(13)16-2/h3-8,13-16H,1-2H3/t13-,14-/m1/s1. The van der Waals surface area contributed by atoms with Crippen molar-refractivity contribution in [1.29, 1.82) is 0 Å². The van der Waals surface area contributed by atoms with Crippen LogP contribution >= 0.6 is 0 Å². The molecule has 0 aromatic rings. The first kappa shape index (κ1) is 9.82. The van der Waals surface area contributed by atoms with Crippen molar-refractivity contribution in [2.75, 3.05) is 14.1 Å². The summed E-state index contributed by atoms with van der Waals surface area (Å²) in [5, 5.41) is 6.83. The largest absolute Gasteiger partial charge is 0.311 e. The van der Waals surface area contributed by atoms with Crippen LogP contribution in [0.15, 0.2) is 58.7 Å². The Morgan fingerprint density at radius 1 is 0.812 bits per heavy atom. The summed E-state index contributed by atoms with van der Waals surface area (Å²) in [5.74, 6) is 0. The highest BCUT2D eigenvalue weighted by Crippen LogP contribution is 2.39. The van der Waals surface area contributed by atoms with E-state index >= 15 is 0 Å². The van der Waals surface area contributed by atoms with Gasteiger partial charge >= 0.3 is 0 Å². The molecule has 2 atom stereocenters. The minimum absolute atomic E-state index is 0.366. The fourth-order valence-electron chi connectivity index (χ4n) is 2.90. The highest BCUT2D eigenvalue weighted by atomic mass is 15.0. The second-order valence-corrected chi connectivity index (χ2v) is 4.32. The maximum atomic E-state index is 3.42. The Kier molecular flexibility index (Phi) is 2.20. The third-order valence-electron chi connectivity index (χ3n) is 3.61. The van der Waals surface area contributed by atoms with E-state index in [1.807, 2.05) is 14.1 Å². The maximum absolute atomic E-state index is 3.42. The van der Waals surface area contributed by atoms with Gasteiger partial charge in [-0.3, -0.25) is 0 Å². The van der Waals surface area contributed by atoms with Crippen molar-refractivity contribution in [2.24, 2.45) is 0 Å². The van der Waals surface area contributed by atoms with Gasteiger partial charge in [-0.25, -0.2) is 0 Å². The van der Waals surface area contributed by atoms with E-state index in [0.29, 0.717) is 12.1 Å². The molecule has 2 N–H and O–H groups in total. The maximum Gasteiger partial charge on any atom is 0.0522 e. The average Bonchev–Trinajstić information content (AvgIpc) is 2.93. The topological polar surface area (TPSA) is 24.1 Å².